The molecule has 1 rings (SSSR count). The van der Waals surface area contributed by atoms with Crippen molar-refractivity contribution in [3.63, 3.8) is 0 Å². The zero-order valence-corrected chi connectivity index (χ0v) is 55.2. The Bertz CT molecular complexity index is 2280. The number of Topliss-reactive ketones (excluding diaryl/α,β-unsaturated/α-hetero) is 1. The van der Waals surface area contributed by atoms with E-state index in [1.165, 1.54) is 11.1 Å². The molecule has 0 aliphatic carbocycles. The molecule has 494 valence electrons. The van der Waals surface area contributed by atoms with Crippen LogP contribution in [0.25, 0.3) is 0 Å². The Morgan fingerprint density at radius 2 is 0.874 bits per heavy atom. The average molecular weight is 1230 g/mol. The van der Waals surface area contributed by atoms with Gasteiger partial charge < -0.3 is 46.7 Å². The number of hydrogen-bond donors (Lipinski definition) is 7. The van der Waals surface area contributed by atoms with Gasteiger partial charge in [-0.15, -0.1) is 0 Å². The number of rotatable bonds is 34. The van der Waals surface area contributed by atoms with Crippen molar-refractivity contribution in [2.24, 2.45) is 16.2 Å². The number of unbranched alkanes of at least 4 members (excludes halogenated alkanes) is 6. The Balaban J connectivity index is -0.00000734. The maximum atomic E-state index is 14.0. The Hall–Kier alpha value is -7.08. The quantitative estimate of drug-likeness (QED) is 0.0193. The van der Waals surface area contributed by atoms with Gasteiger partial charge in [0, 0.05) is 51.0 Å². The molecule has 0 saturated heterocycles. The van der Waals surface area contributed by atoms with Gasteiger partial charge in [-0.05, 0) is 154 Å². The third kappa shape index (κ3) is 49.7. The van der Waals surface area contributed by atoms with Crippen LogP contribution >= 0.6 is 0 Å². The lowest BCUT2D eigenvalue weighted by molar-refractivity contribution is -0.193. The molecule has 1 aromatic rings. The van der Waals surface area contributed by atoms with Gasteiger partial charge in [-0.3, -0.25) is 24.0 Å². The van der Waals surface area contributed by atoms with Crippen LogP contribution in [-0.2, 0) is 73.4 Å². The molecule has 7 amide bonds. The Morgan fingerprint density at radius 1 is 0.448 bits per heavy atom. The fourth-order valence-electron chi connectivity index (χ4n) is 8.43. The molecular formula is C64H107N7O16. The van der Waals surface area contributed by atoms with E-state index in [9.17, 15) is 38.4 Å². The number of hydrogen-bond acceptors (Lipinski definition) is 16. The van der Waals surface area contributed by atoms with Crippen LogP contribution in [0.15, 0.2) is 24.3 Å². The molecular weight excluding hydrogens is 1120 g/mol. The zero-order chi connectivity index (χ0) is 67.5. The van der Waals surface area contributed by atoms with Crippen LogP contribution in [0.5, 0.6) is 0 Å². The van der Waals surface area contributed by atoms with E-state index in [-0.39, 0.29) is 103 Å². The minimum Gasteiger partial charge on any atom is -0.454 e. The summed E-state index contributed by atoms with van der Waals surface area (Å²) in [6, 6.07) is 5.53. The van der Waals surface area contributed by atoms with Crippen molar-refractivity contribution < 1.29 is 76.6 Å². The molecule has 0 aliphatic heterocycles. The number of nitrogens with one attached hydrogen (secondary N) is 7. The molecule has 7 N–H and O–H groups in total. The number of esters is 1. The summed E-state index contributed by atoms with van der Waals surface area (Å²) < 4.78 is 10.7. The molecule has 23 nitrogen and oxygen atoms in total. The summed E-state index contributed by atoms with van der Waals surface area (Å²) in [4.78, 5) is 154. The summed E-state index contributed by atoms with van der Waals surface area (Å²) in [6.45, 7) is 32.6. The van der Waals surface area contributed by atoms with Crippen molar-refractivity contribution in [2.75, 3.05) is 19.6 Å². The largest absolute Gasteiger partial charge is 0.454 e. The average Bonchev–Trinajstić information content (AvgIpc) is 3.57. The predicted octanol–water partition coefficient (Wildman–Crippen LogP) is 8.62. The van der Waals surface area contributed by atoms with Gasteiger partial charge >= 0.3 is 36.5 Å². The zero-order valence-electron chi connectivity index (χ0n) is 55.2. The molecule has 23 heteroatoms. The highest BCUT2D eigenvalue weighted by atomic mass is 16.6. The highest BCUT2D eigenvalue weighted by Gasteiger charge is 2.34. The lowest BCUT2D eigenvalue weighted by atomic mass is 9.79. The highest BCUT2D eigenvalue weighted by molar-refractivity contribution is 6.36. The number of urea groups is 1. The maximum absolute atomic E-state index is 14.0. The van der Waals surface area contributed by atoms with Crippen LogP contribution in [0.3, 0.4) is 0 Å². The number of alkyl carbamates (subject to hydrolysis) is 1. The molecule has 0 heterocycles. The van der Waals surface area contributed by atoms with Crippen molar-refractivity contribution in [1.82, 2.24) is 37.2 Å². The maximum Gasteiger partial charge on any atom is 0.407 e. The molecule has 4 atom stereocenters. The minimum atomic E-state index is -1.23. The number of carbonyl (C=O) groups is 8. The minimum absolute atomic E-state index is 0.000910. The van der Waals surface area contributed by atoms with Gasteiger partial charge in [0.1, 0.15) is 17.2 Å². The van der Waals surface area contributed by atoms with Crippen molar-refractivity contribution in [1.29, 1.82) is 0 Å². The standard InChI is InChI=1S/C61H107N7O10.3CO2/c1-43-32-34-44(35-33-43)27-26-31-49(69)62-41-24-21-28-45(52(72)54(74)77-60(11,12)13)66-53(73)46(29-22-25-42-64-56(76)78-61(14,15)16)65-51(71)30-20-18-17-19-23-40-63-50(70)37-36-47(58(5,6)7)67-55(75)68-48(59(8,9)10)38-39-57(2,3)4;3*2-1-3/h32-35,45-48H,17-31,36-42H2,1-16H3,(H,62,69)(H,63,70)(H,64,76)(H,65,71)(H,66,73)(H2,67,68,75);;;/t45-,46?,47?,48?;;;/m0.../s1. The summed E-state index contributed by atoms with van der Waals surface area (Å²) in [5.41, 5.74) is 0.515. The van der Waals surface area contributed by atoms with Crippen molar-refractivity contribution in [3.8, 4) is 0 Å². The molecule has 1 aromatic carbocycles. The van der Waals surface area contributed by atoms with Gasteiger partial charge in [0.15, 0.2) is 0 Å². The first kappa shape index (κ1) is 84.1. The SMILES string of the molecule is Cc1ccc(CCCC(=O)NCCCC[C@H](NC(=O)C(CCCCNC(=O)OC(C)(C)C)NC(=O)CCCCCCCNC(=O)CCC(NC(=O)NC(CCC(C)(C)C)C(C)(C)C)C(C)(C)C)C(=O)C(=O)OC(C)(C)C)cc1.O=C=O.O=C=O.O=C=O. The fourth-order valence-corrected chi connectivity index (χ4v) is 8.43. The van der Waals surface area contributed by atoms with Gasteiger partial charge in [-0.2, -0.15) is 28.8 Å². The van der Waals surface area contributed by atoms with Crippen LogP contribution in [0, 0.1) is 23.2 Å². The summed E-state index contributed by atoms with van der Waals surface area (Å²) in [6.07, 6.45) is 10.7. The number of amides is 7. The first-order valence-corrected chi connectivity index (χ1v) is 30.3. The Morgan fingerprint density at radius 3 is 1.36 bits per heavy atom. The highest BCUT2D eigenvalue weighted by Crippen LogP contribution is 2.29. The number of ketones is 1. The van der Waals surface area contributed by atoms with E-state index in [1.807, 2.05) is 19.1 Å². The van der Waals surface area contributed by atoms with Crippen molar-refractivity contribution >= 4 is 66.0 Å². The Labute approximate surface area is 517 Å². The second-order valence-corrected chi connectivity index (χ2v) is 26.9. The normalized spacial score (nSPS) is 12.6. The van der Waals surface area contributed by atoms with E-state index >= 15 is 0 Å². The summed E-state index contributed by atoms with van der Waals surface area (Å²) in [5, 5.41) is 20.6. The van der Waals surface area contributed by atoms with E-state index in [2.05, 4.69) is 112 Å². The number of carbonyl (C=O) groups excluding carboxylic acids is 14. The van der Waals surface area contributed by atoms with Crippen LogP contribution < -0.4 is 37.2 Å². The molecule has 0 aromatic heterocycles. The van der Waals surface area contributed by atoms with E-state index in [4.69, 9.17) is 38.2 Å². The monoisotopic (exact) mass is 1230 g/mol. The summed E-state index contributed by atoms with van der Waals surface area (Å²) in [5.74, 6) is -3.11. The third-order valence-corrected chi connectivity index (χ3v) is 13.2. The molecule has 0 aliphatic rings. The van der Waals surface area contributed by atoms with Gasteiger partial charge in [0.05, 0.1) is 6.04 Å². The molecule has 0 saturated carbocycles. The van der Waals surface area contributed by atoms with Gasteiger partial charge in [-0.1, -0.05) is 111 Å². The lowest BCUT2D eigenvalue weighted by Crippen LogP contribution is -2.53. The smallest absolute Gasteiger partial charge is 0.407 e. The lowest BCUT2D eigenvalue weighted by Gasteiger charge is -2.36. The molecule has 0 radical (unpaired) electrons. The van der Waals surface area contributed by atoms with Crippen LogP contribution in [0.2, 0.25) is 0 Å². The van der Waals surface area contributed by atoms with E-state index < -0.39 is 47.0 Å². The first-order valence-electron chi connectivity index (χ1n) is 30.3. The molecule has 0 spiro atoms. The van der Waals surface area contributed by atoms with Gasteiger partial charge in [-0.25, -0.2) is 14.4 Å². The summed E-state index contributed by atoms with van der Waals surface area (Å²) in [7, 11) is 0. The number of benzene rings is 1. The first-order chi connectivity index (χ1) is 40.3. The topological polar surface area (TPSA) is 342 Å². The molecule has 87 heavy (non-hydrogen) atoms. The van der Waals surface area contributed by atoms with Gasteiger partial charge in [0.25, 0.3) is 5.78 Å². The third-order valence-electron chi connectivity index (χ3n) is 13.2. The van der Waals surface area contributed by atoms with E-state index in [1.54, 1.807) is 41.5 Å². The molecule has 0 fully saturated rings. The Kier molecular flexibility index (Phi) is 43.7. The van der Waals surface area contributed by atoms with Crippen LogP contribution in [-0.4, -0.2) is 121 Å². The fraction of sp³-hybridized carbons (Fsp3) is 0.734. The summed E-state index contributed by atoms with van der Waals surface area (Å²) >= 11 is 0. The molecule has 3 unspecified atom stereocenters. The number of ether oxygens (including phenoxy) is 2. The van der Waals surface area contributed by atoms with Crippen molar-refractivity contribution in [3.05, 3.63) is 35.4 Å². The van der Waals surface area contributed by atoms with Crippen LogP contribution in [0.4, 0.5) is 9.59 Å². The van der Waals surface area contributed by atoms with Crippen LogP contribution in [0.1, 0.15) is 231 Å². The van der Waals surface area contributed by atoms with Gasteiger partial charge in [0.2, 0.25) is 23.6 Å². The van der Waals surface area contributed by atoms with Crippen molar-refractivity contribution in [2.45, 2.75) is 268 Å². The van der Waals surface area contributed by atoms with E-state index in [0.717, 1.165) is 44.9 Å². The second kappa shape index (κ2) is 45.2. The van der Waals surface area contributed by atoms with E-state index in [0.29, 0.717) is 64.5 Å². The second-order valence-electron chi connectivity index (χ2n) is 26.9. The predicted molar refractivity (Wildman–Crippen MR) is 326 cm³/mol. The number of aryl methyl sites for hydroxylation is 2. The molecule has 0 bridgehead atoms.